The summed E-state index contributed by atoms with van der Waals surface area (Å²) in [6.07, 6.45) is 0. The highest BCUT2D eigenvalue weighted by Crippen LogP contribution is 2.51. The Balaban J connectivity index is 2.50. The van der Waals surface area contributed by atoms with Gasteiger partial charge in [0.05, 0.1) is 39.9 Å². The summed E-state index contributed by atoms with van der Waals surface area (Å²) in [4.78, 5) is 2.89. The summed E-state index contributed by atoms with van der Waals surface area (Å²) in [5.41, 5.74) is 0. The quantitative estimate of drug-likeness (QED) is 0.279. The highest BCUT2D eigenvalue weighted by molar-refractivity contribution is 8.00. The fourth-order valence-corrected chi connectivity index (χ4v) is 6.66. The van der Waals surface area contributed by atoms with Crippen LogP contribution in [0, 0.1) is 0 Å². The average molecular weight is 513 g/mol. The van der Waals surface area contributed by atoms with Crippen molar-refractivity contribution in [2.75, 3.05) is 11.5 Å². The van der Waals surface area contributed by atoms with E-state index in [1.807, 2.05) is 13.8 Å². The average Bonchev–Trinajstić information content (AvgIpc) is 2.57. The molecule has 0 fully saturated rings. The molecule has 0 saturated carbocycles. The third kappa shape index (κ3) is 5.19. The lowest BCUT2D eigenvalue weighted by atomic mass is 10.3. The van der Waals surface area contributed by atoms with Crippen molar-refractivity contribution in [3.8, 4) is 0 Å². The number of hydrogen-bond donors (Lipinski definition) is 0. The van der Waals surface area contributed by atoms with Crippen molar-refractivity contribution < 1.29 is 0 Å². The summed E-state index contributed by atoms with van der Waals surface area (Å²) >= 11 is 42.9. The molecule has 0 heterocycles. The van der Waals surface area contributed by atoms with E-state index < -0.39 is 0 Å². The van der Waals surface area contributed by atoms with E-state index in [9.17, 15) is 0 Å². The van der Waals surface area contributed by atoms with Gasteiger partial charge in [-0.3, -0.25) is 0 Å². The van der Waals surface area contributed by atoms with Crippen LogP contribution in [0.2, 0.25) is 30.1 Å². The van der Waals surface area contributed by atoms with Crippen LogP contribution in [0.25, 0.3) is 0 Å². The lowest BCUT2D eigenvalue weighted by Gasteiger charge is -2.15. The molecule has 0 saturated heterocycles. The first-order chi connectivity index (χ1) is 11.8. The smallest absolute Gasteiger partial charge is 0.0758 e. The second kappa shape index (κ2) is 10.1. The standard InChI is InChI=1S/C16H12Cl6S3/c1-3-23-9-5-7(17)15(13(21)11(9)19)25-16-8(18)6-10(24-4-2)12(20)14(16)22/h5-6H,3-4H2,1-2H3. The van der Waals surface area contributed by atoms with Crippen molar-refractivity contribution in [1.82, 2.24) is 0 Å². The van der Waals surface area contributed by atoms with Gasteiger partial charge in [-0.2, -0.15) is 0 Å². The van der Waals surface area contributed by atoms with E-state index in [4.69, 9.17) is 69.6 Å². The second-order valence-electron chi connectivity index (χ2n) is 4.60. The molecule has 0 N–H and O–H groups in total. The Morgan fingerprint density at radius 2 is 1.00 bits per heavy atom. The summed E-state index contributed by atoms with van der Waals surface area (Å²) in [6, 6.07) is 3.61. The SMILES string of the molecule is CCSc1cc(Cl)c(Sc2c(Cl)cc(SCC)c(Cl)c2Cl)c(Cl)c1Cl. The normalized spacial score (nSPS) is 11.2. The van der Waals surface area contributed by atoms with E-state index >= 15 is 0 Å². The molecular formula is C16H12Cl6S3. The largest absolute Gasteiger partial charge is 0.125 e. The Kier molecular flexibility index (Phi) is 9.13. The molecule has 0 amide bonds. The van der Waals surface area contributed by atoms with Gasteiger partial charge in [0.1, 0.15) is 0 Å². The Hall–Kier alpha value is 1.23. The maximum Gasteiger partial charge on any atom is 0.0758 e. The third-order valence-corrected chi connectivity index (χ3v) is 9.07. The van der Waals surface area contributed by atoms with Crippen LogP contribution in [-0.4, -0.2) is 11.5 Å². The van der Waals surface area contributed by atoms with Gasteiger partial charge in [0.2, 0.25) is 0 Å². The molecule has 2 rings (SSSR count). The lowest BCUT2D eigenvalue weighted by molar-refractivity contribution is 1.31. The number of rotatable bonds is 6. The van der Waals surface area contributed by atoms with Crippen LogP contribution in [0.3, 0.4) is 0 Å². The van der Waals surface area contributed by atoms with E-state index in [2.05, 4.69) is 0 Å². The Bertz CT molecular complexity index is 729. The van der Waals surface area contributed by atoms with Gasteiger partial charge in [0, 0.05) is 9.79 Å². The lowest BCUT2D eigenvalue weighted by Crippen LogP contribution is -1.88. The van der Waals surface area contributed by atoms with Gasteiger partial charge < -0.3 is 0 Å². The number of benzene rings is 2. The molecule has 0 nitrogen and oxygen atoms in total. The third-order valence-electron chi connectivity index (χ3n) is 2.97. The first kappa shape index (κ1) is 22.5. The predicted molar refractivity (Wildman–Crippen MR) is 120 cm³/mol. The van der Waals surface area contributed by atoms with Gasteiger partial charge in [-0.25, -0.2) is 0 Å². The minimum absolute atomic E-state index is 0.380. The van der Waals surface area contributed by atoms with Crippen LogP contribution in [0.5, 0.6) is 0 Å². The van der Waals surface area contributed by atoms with Crippen molar-refractivity contribution in [2.24, 2.45) is 0 Å². The first-order valence-corrected chi connectivity index (χ1v) is 12.2. The summed E-state index contributed by atoms with van der Waals surface area (Å²) in [6.45, 7) is 4.06. The second-order valence-corrected chi connectivity index (χ2v) is 10.6. The van der Waals surface area contributed by atoms with E-state index in [1.54, 1.807) is 35.7 Å². The highest BCUT2D eigenvalue weighted by Gasteiger charge is 2.21. The monoisotopic (exact) mass is 510 g/mol. The molecule has 136 valence electrons. The van der Waals surface area contributed by atoms with Crippen LogP contribution in [0.15, 0.2) is 31.7 Å². The molecule has 0 bridgehead atoms. The number of halogens is 6. The fourth-order valence-electron chi connectivity index (χ4n) is 1.92. The summed E-state index contributed by atoms with van der Waals surface area (Å²) < 4.78 is 0. The molecule has 2 aromatic rings. The molecule has 0 aliphatic carbocycles. The maximum atomic E-state index is 6.44. The molecule has 0 unspecified atom stereocenters. The number of hydrogen-bond acceptors (Lipinski definition) is 3. The van der Waals surface area contributed by atoms with Gasteiger partial charge >= 0.3 is 0 Å². The van der Waals surface area contributed by atoms with Crippen molar-refractivity contribution in [3.05, 3.63) is 42.3 Å². The van der Waals surface area contributed by atoms with Crippen LogP contribution in [0.1, 0.15) is 13.8 Å². The molecule has 9 heteroatoms. The Morgan fingerprint density at radius 1 is 0.640 bits per heavy atom. The van der Waals surface area contributed by atoms with Crippen molar-refractivity contribution in [2.45, 2.75) is 33.4 Å². The van der Waals surface area contributed by atoms with Crippen molar-refractivity contribution in [3.63, 3.8) is 0 Å². The zero-order valence-electron chi connectivity index (χ0n) is 13.1. The maximum absolute atomic E-state index is 6.44. The minimum Gasteiger partial charge on any atom is -0.125 e. The minimum atomic E-state index is 0.380. The fraction of sp³-hybridized carbons (Fsp3) is 0.250. The topological polar surface area (TPSA) is 0 Å². The molecule has 2 aromatic carbocycles. The highest BCUT2D eigenvalue weighted by atomic mass is 35.5. The summed E-state index contributed by atoms with van der Waals surface area (Å²) in [7, 11) is 0. The van der Waals surface area contributed by atoms with Crippen molar-refractivity contribution in [1.29, 1.82) is 0 Å². The molecule has 0 aromatic heterocycles. The van der Waals surface area contributed by atoms with Crippen LogP contribution >= 0.6 is 105 Å². The zero-order valence-corrected chi connectivity index (χ0v) is 20.0. The number of thioether (sulfide) groups is 2. The zero-order chi connectivity index (χ0) is 18.7. The Morgan fingerprint density at radius 3 is 1.32 bits per heavy atom. The molecule has 0 aliphatic rings. The van der Waals surface area contributed by atoms with Crippen molar-refractivity contribution >= 4 is 105 Å². The molecule has 0 spiro atoms. The molecule has 0 aliphatic heterocycles. The van der Waals surface area contributed by atoms with Gasteiger partial charge in [-0.15, -0.1) is 23.5 Å². The van der Waals surface area contributed by atoms with E-state index in [-0.39, 0.29) is 0 Å². The summed E-state index contributed by atoms with van der Waals surface area (Å²) in [5.74, 6) is 1.73. The van der Waals surface area contributed by atoms with E-state index in [0.717, 1.165) is 21.3 Å². The van der Waals surface area contributed by atoms with Gasteiger partial charge in [-0.05, 0) is 23.6 Å². The van der Waals surface area contributed by atoms with Crippen LogP contribution in [0.4, 0.5) is 0 Å². The predicted octanol–water partition coefficient (Wildman–Crippen LogP) is 9.98. The van der Waals surface area contributed by atoms with Gasteiger partial charge in [-0.1, -0.05) is 95.2 Å². The van der Waals surface area contributed by atoms with Gasteiger partial charge in [0.15, 0.2) is 0 Å². The molecule has 0 radical (unpaired) electrons. The van der Waals surface area contributed by atoms with Crippen LogP contribution < -0.4 is 0 Å². The summed E-state index contributed by atoms with van der Waals surface area (Å²) in [5, 5.41) is 2.68. The van der Waals surface area contributed by atoms with Gasteiger partial charge in [0.25, 0.3) is 0 Å². The molecular weight excluding hydrogens is 501 g/mol. The van der Waals surface area contributed by atoms with Crippen LogP contribution in [-0.2, 0) is 0 Å². The van der Waals surface area contributed by atoms with E-state index in [1.165, 1.54) is 11.8 Å². The van der Waals surface area contributed by atoms with E-state index in [0.29, 0.717) is 39.9 Å². The molecule has 0 atom stereocenters. The Labute approximate surface area is 190 Å². The first-order valence-electron chi connectivity index (χ1n) is 7.10. The molecule has 25 heavy (non-hydrogen) atoms.